The van der Waals surface area contributed by atoms with Gasteiger partial charge in [-0.25, -0.2) is 0 Å². The van der Waals surface area contributed by atoms with E-state index in [1.165, 1.54) is 0 Å². The van der Waals surface area contributed by atoms with Gasteiger partial charge in [0, 0.05) is 24.9 Å². The fourth-order valence-electron chi connectivity index (χ4n) is 6.09. The van der Waals surface area contributed by atoms with E-state index < -0.39 is 39.9 Å². The second kappa shape index (κ2) is 17.5. The summed E-state index contributed by atoms with van der Waals surface area (Å²) in [6.07, 6.45) is 7.07. The van der Waals surface area contributed by atoms with Crippen molar-refractivity contribution in [2.75, 3.05) is 19.4 Å². The van der Waals surface area contributed by atoms with E-state index in [4.69, 9.17) is 27.7 Å². The minimum absolute atomic E-state index is 0.0320. The Labute approximate surface area is 283 Å². The van der Waals surface area contributed by atoms with Crippen LogP contribution in [0.25, 0.3) is 0 Å². The highest BCUT2D eigenvalue weighted by Crippen LogP contribution is 2.49. The Morgan fingerprint density at radius 2 is 1.73 bits per heavy atom. The fourth-order valence-corrected chi connectivity index (χ4v) is 9.57. The van der Waals surface area contributed by atoms with Gasteiger partial charge in [-0.1, -0.05) is 70.2 Å². The number of hydrogen-bond donors (Lipinski definition) is 0. The van der Waals surface area contributed by atoms with E-state index in [0.29, 0.717) is 18.3 Å². The average Bonchev–Trinajstić information content (AvgIpc) is 2.90. The maximum absolute atomic E-state index is 13.2. The number of halogens is 1. The van der Waals surface area contributed by atoms with Gasteiger partial charge in [-0.15, -0.1) is 0 Å². The Morgan fingerprint density at radius 3 is 2.27 bits per heavy atom. The smallest absolute Gasteiger partial charge is 0.341 e. The largest absolute Gasteiger partial charge is 0.461 e. The summed E-state index contributed by atoms with van der Waals surface area (Å²) in [6, 6.07) is 0. The first-order valence-electron chi connectivity index (χ1n) is 16.8. The summed E-state index contributed by atoms with van der Waals surface area (Å²) in [5.74, 6) is -0.653. The van der Waals surface area contributed by atoms with E-state index in [1.807, 2.05) is 0 Å². The van der Waals surface area contributed by atoms with Crippen molar-refractivity contribution in [3.8, 4) is 0 Å². The first kappa shape index (κ1) is 40.4. The van der Waals surface area contributed by atoms with Crippen molar-refractivity contribution >= 4 is 44.5 Å². The summed E-state index contributed by atoms with van der Waals surface area (Å²) in [5, 5.41) is 0.131. The minimum atomic E-state index is -3.58. The van der Waals surface area contributed by atoms with E-state index in [0.717, 1.165) is 38.5 Å². The molecule has 0 amide bonds. The summed E-state index contributed by atoms with van der Waals surface area (Å²) in [4.78, 5) is 13.2. The minimum Gasteiger partial charge on any atom is -0.461 e. The maximum Gasteiger partial charge on any atom is 0.341 e. The molecule has 0 saturated carbocycles. The lowest BCUT2D eigenvalue weighted by atomic mass is 9.80. The van der Waals surface area contributed by atoms with E-state index in [9.17, 15) is 9.36 Å². The standard InChI is InChI=1S/C33H62IO8PSi/c1-12-27(18-20-34)15-16-28-26(6)30(39-31(35)23-43(36,37-13-2)38-14-3)22-33(40-28)19-17-24(4)29(41-33)21-25(5)42-44(10,11)32(7,8)9/h18,20,24-30H,12-17,19,21-23H2,1-11H3/b20-18+/t24-,25+,26+,27+,28-,29-,30-,33-/m0/s1. The van der Waals surface area contributed by atoms with Crippen molar-refractivity contribution in [2.45, 2.75) is 156 Å². The molecule has 0 bridgehead atoms. The first-order chi connectivity index (χ1) is 20.4. The lowest BCUT2D eigenvalue weighted by Crippen LogP contribution is -2.57. The Bertz CT molecular complexity index is 962. The molecule has 2 aliphatic rings. The number of carbonyl (C=O) groups is 1. The van der Waals surface area contributed by atoms with E-state index in [2.05, 4.69) is 94.3 Å². The molecule has 2 rings (SSSR count). The third-order valence-corrected chi connectivity index (χ3v) is 16.8. The monoisotopic (exact) mass is 772 g/mol. The zero-order chi connectivity index (χ0) is 33.3. The van der Waals surface area contributed by atoms with Crippen molar-refractivity contribution in [1.29, 1.82) is 0 Å². The van der Waals surface area contributed by atoms with Crippen molar-refractivity contribution < 1.29 is 37.0 Å². The summed E-state index contributed by atoms with van der Waals surface area (Å²) in [6.45, 7) is 23.9. The highest BCUT2D eigenvalue weighted by Gasteiger charge is 2.52. The molecular weight excluding hydrogens is 710 g/mol. The molecular formula is C33H62IO8PSi. The van der Waals surface area contributed by atoms with Crippen LogP contribution in [0.4, 0.5) is 0 Å². The first-order valence-corrected chi connectivity index (χ1v) is 22.7. The van der Waals surface area contributed by atoms with Crippen LogP contribution in [0, 0.1) is 17.8 Å². The summed E-state index contributed by atoms with van der Waals surface area (Å²) in [7, 11) is -5.51. The molecule has 0 N–H and O–H groups in total. The van der Waals surface area contributed by atoms with Crippen LogP contribution in [0.5, 0.6) is 0 Å². The van der Waals surface area contributed by atoms with Crippen LogP contribution in [0.2, 0.25) is 18.1 Å². The van der Waals surface area contributed by atoms with Gasteiger partial charge >= 0.3 is 13.6 Å². The number of ether oxygens (including phenoxy) is 3. The van der Waals surface area contributed by atoms with Crippen molar-refractivity contribution in [3.63, 3.8) is 0 Å². The third-order valence-electron chi connectivity index (χ3n) is 9.85. The summed E-state index contributed by atoms with van der Waals surface area (Å²) < 4.78 is 52.7. The van der Waals surface area contributed by atoms with Crippen molar-refractivity contribution in [1.82, 2.24) is 0 Å². The maximum atomic E-state index is 13.2. The summed E-state index contributed by atoms with van der Waals surface area (Å²) >= 11 is 2.28. The van der Waals surface area contributed by atoms with Crippen LogP contribution in [-0.2, 0) is 37.0 Å². The van der Waals surface area contributed by atoms with Gasteiger partial charge in [0.2, 0.25) is 0 Å². The van der Waals surface area contributed by atoms with Crippen LogP contribution < -0.4 is 0 Å². The lowest BCUT2D eigenvalue weighted by molar-refractivity contribution is -0.347. The molecule has 44 heavy (non-hydrogen) atoms. The van der Waals surface area contributed by atoms with Crippen LogP contribution >= 0.6 is 30.2 Å². The molecule has 258 valence electrons. The zero-order valence-corrected chi connectivity index (χ0v) is 33.4. The predicted octanol–water partition coefficient (Wildman–Crippen LogP) is 9.66. The van der Waals surface area contributed by atoms with Crippen LogP contribution in [0.3, 0.4) is 0 Å². The fraction of sp³-hybridized carbons (Fsp3) is 0.909. The van der Waals surface area contributed by atoms with Gasteiger partial charge in [-0.05, 0) is 86.9 Å². The molecule has 8 nitrogen and oxygen atoms in total. The molecule has 2 aliphatic heterocycles. The second-order valence-electron chi connectivity index (χ2n) is 14.4. The Kier molecular flexibility index (Phi) is 16.1. The number of rotatable bonds is 16. The van der Waals surface area contributed by atoms with E-state index >= 15 is 0 Å². The third kappa shape index (κ3) is 11.7. The molecule has 0 unspecified atom stereocenters. The van der Waals surface area contributed by atoms with Gasteiger partial charge in [0.25, 0.3) is 0 Å². The van der Waals surface area contributed by atoms with Crippen LogP contribution in [0.1, 0.15) is 107 Å². The second-order valence-corrected chi connectivity index (χ2v) is 22.0. The Hall–Kier alpha value is 0.187. The molecule has 0 aromatic rings. The van der Waals surface area contributed by atoms with Gasteiger partial charge in [0.1, 0.15) is 12.3 Å². The molecule has 0 aromatic carbocycles. The van der Waals surface area contributed by atoms with Gasteiger partial charge in [-0.3, -0.25) is 9.36 Å². The van der Waals surface area contributed by atoms with Crippen molar-refractivity contribution in [2.24, 2.45) is 17.8 Å². The topological polar surface area (TPSA) is 89.5 Å². The number of allylic oxidation sites excluding steroid dienone is 1. The Morgan fingerprint density at radius 1 is 1.11 bits per heavy atom. The molecule has 0 aliphatic carbocycles. The molecule has 0 radical (unpaired) electrons. The van der Waals surface area contributed by atoms with Gasteiger partial charge < -0.3 is 27.7 Å². The summed E-state index contributed by atoms with van der Waals surface area (Å²) in [5.41, 5.74) is 0. The molecule has 11 heteroatoms. The quantitative estimate of drug-likeness (QED) is 0.0664. The van der Waals surface area contributed by atoms with Gasteiger partial charge in [0.05, 0.1) is 25.4 Å². The molecule has 2 saturated heterocycles. The van der Waals surface area contributed by atoms with Gasteiger partial charge in [-0.2, -0.15) is 0 Å². The predicted molar refractivity (Wildman–Crippen MR) is 189 cm³/mol. The molecule has 2 fully saturated rings. The Balaban J connectivity index is 2.29. The number of carbonyl (C=O) groups excluding carboxylic acids is 1. The molecule has 8 atom stereocenters. The SMILES string of the molecule is CCOP(=O)(CC(=O)O[C@H]1C[C@@]2(CC[C@H](C)[C@H](C[C@@H](C)O[Si](C)(C)C(C)(C)C)O2)O[C@@H](CC[C@H](/C=C/I)CC)[C@H]1C)OCC. The average molecular weight is 773 g/mol. The van der Waals surface area contributed by atoms with E-state index in [1.54, 1.807) is 13.8 Å². The van der Waals surface area contributed by atoms with Gasteiger partial charge in [0.15, 0.2) is 14.1 Å². The van der Waals surface area contributed by atoms with Crippen LogP contribution in [0.15, 0.2) is 10.2 Å². The number of hydrogen-bond acceptors (Lipinski definition) is 8. The lowest BCUT2D eigenvalue weighted by Gasteiger charge is -2.52. The van der Waals surface area contributed by atoms with Crippen LogP contribution in [-0.4, -0.2) is 63.9 Å². The normalized spacial score (nSPS) is 30.0. The van der Waals surface area contributed by atoms with Crippen molar-refractivity contribution in [3.05, 3.63) is 10.2 Å². The molecule has 0 aromatic heterocycles. The number of esters is 1. The van der Waals surface area contributed by atoms with E-state index in [-0.39, 0.29) is 42.5 Å². The molecule has 2 heterocycles. The highest BCUT2D eigenvalue weighted by molar-refractivity contribution is 14.1. The zero-order valence-electron chi connectivity index (χ0n) is 29.4. The molecule has 1 spiro atoms. The highest BCUT2D eigenvalue weighted by atomic mass is 127.